The van der Waals surface area contributed by atoms with Crippen LogP contribution in [0.15, 0.2) is 0 Å². The number of nitrogens with zero attached hydrogens (tertiary/aromatic N) is 3. The van der Waals surface area contributed by atoms with Crippen LogP contribution in [0.3, 0.4) is 0 Å². The van der Waals surface area contributed by atoms with Crippen molar-refractivity contribution >= 4 is 11.8 Å². The third kappa shape index (κ3) is 33.5. The fraction of sp³-hybridized carbons (Fsp3) is 0.944. The molecule has 0 fully saturated rings. The van der Waals surface area contributed by atoms with Gasteiger partial charge in [0, 0.05) is 57.3 Å². The Morgan fingerprint density at radius 3 is 1.57 bits per heavy atom. The zero-order valence-corrected chi connectivity index (χ0v) is 33.4. The average molecular weight is 705 g/mol. The largest absolute Gasteiger partial charge is 0.377 e. The molecule has 0 saturated carbocycles. The first-order valence-corrected chi connectivity index (χ1v) is 18.9. The molecule has 3 atom stereocenters. The summed E-state index contributed by atoms with van der Waals surface area (Å²) < 4.78 is 14.0. The maximum absolute atomic E-state index is 12.9. The first-order chi connectivity index (χ1) is 22.9. The third-order valence-corrected chi connectivity index (χ3v) is 8.40. The van der Waals surface area contributed by atoms with E-state index in [1.165, 1.54) is 25.8 Å². The van der Waals surface area contributed by atoms with Gasteiger partial charge in [-0.2, -0.15) is 0 Å². The molecule has 0 aromatic heterocycles. The molecule has 8 N–H and O–H groups in total. The quantitative estimate of drug-likeness (QED) is 0.0427. The van der Waals surface area contributed by atoms with Crippen molar-refractivity contribution in [2.75, 3.05) is 142 Å². The van der Waals surface area contributed by atoms with Crippen molar-refractivity contribution in [3.05, 3.63) is 0 Å². The molecule has 0 heterocycles. The van der Waals surface area contributed by atoms with E-state index in [0.717, 1.165) is 71.6 Å². The van der Waals surface area contributed by atoms with E-state index in [4.69, 9.17) is 20.9 Å². The molecule has 0 rings (SSSR count). The zero-order chi connectivity index (χ0) is 37.2. The number of nitrogens with one attached hydrogen (secondary N) is 4. The van der Waals surface area contributed by atoms with Crippen molar-refractivity contribution in [2.45, 2.75) is 82.3 Å². The number of hydrogen-bond acceptors (Lipinski definition) is 8. The van der Waals surface area contributed by atoms with Crippen molar-refractivity contribution in [1.29, 1.82) is 0 Å². The van der Waals surface area contributed by atoms with Crippen LogP contribution in [0, 0.1) is 0 Å². The maximum atomic E-state index is 12.9. The van der Waals surface area contributed by atoms with Gasteiger partial charge in [-0.15, -0.1) is 0 Å². The molecule has 0 bridgehead atoms. The lowest BCUT2D eigenvalue weighted by Crippen LogP contribution is -2.50. The van der Waals surface area contributed by atoms with Gasteiger partial charge in [-0.25, -0.2) is 0 Å². The molecule has 0 unspecified atom stereocenters. The predicted octanol–water partition coefficient (Wildman–Crippen LogP) is 0.474. The molecule has 0 saturated heterocycles. The summed E-state index contributed by atoms with van der Waals surface area (Å²) in [5, 5.41) is 13.6. The van der Waals surface area contributed by atoms with E-state index in [1.54, 1.807) is 0 Å². The molecule has 0 aliphatic carbocycles. The summed E-state index contributed by atoms with van der Waals surface area (Å²) in [5.74, 6) is -0.188. The van der Waals surface area contributed by atoms with E-state index in [-0.39, 0.29) is 24.5 Å². The number of hydrogen-bond donors (Lipinski definition) is 6. The van der Waals surface area contributed by atoms with Crippen LogP contribution in [0.5, 0.6) is 0 Å². The van der Waals surface area contributed by atoms with Crippen LogP contribution in [0.1, 0.15) is 64.2 Å². The zero-order valence-electron chi connectivity index (χ0n) is 33.4. The lowest BCUT2D eigenvalue weighted by Gasteiger charge is -2.28. The standard InChI is InChI=1S/C36H80N9O4/c1-43(2,3)22-13-10-16-32(28-38)40-29-33(17-11-14-23-44(4,5)6)41-30-34(18-12-15-24-45(7,8)9)42-36(47)31-49-27-26-48-25-21-39-35(46)19-20-37/h32-34,40-41H,10-31,37-38H2,1-9H3/q+1/p+2/t32-,33-,34-/m0/s1. The second-order valence-electron chi connectivity index (χ2n) is 16.8. The van der Waals surface area contributed by atoms with Crippen LogP contribution in [0.25, 0.3) is 0 Å². The van der Waals surface area contributed by atoms with E-state index in [9.17, 15) is 9.59 Å². The fourth-order valence-corrected chi connectivity index (χ4v) is 5.49. The van der Waals surface area contributed by atoms with Crippen molar-refractivity contribution in [2.24, 2.45) is 11.5 Å². The molecule has 0 aliphatic heterocycles. The van der Waals surface area contributed by atoms with E-state index in [2.05, 4.69) is 84.7 Å². The highest BCUT2D eigenvalue weighted by atomic mass is 16.5. The van der Waals surface area contributed by atoms with Crippen LogP contribution in [0.4, 0.5) is 0 Å². The monoisotopic (exact) mass is 705 g/mol. The minimum atomic E-state index is -0.109. The van der Waals surface area contributed by atoms with Crippen molar-refractivity contribution in [3.8, 4) is 0 Å². The first-order valence-electron chi connectivity index (χ1n) is 18.9. The molecule has 13 heteroatoms. The van der Waals surface area contributed by atoms with Gasteiger partial charge in [-0.05, 0) is 57.8 Å². The summed E-state index contributed by atoms with van der Waals surface area (Å²) in [6.07, 6.45) is 10.3. The number of rotatable bonds is 33. The van der Waals surface area contributed by atoms with Crippen LogP contribution in [-0.2, 0) is 19.1 Å². The number of quaternary nitrogens is 3. The van der Waals surface area contributed by atoms with Crippen molar-refractivity contribution in [3.63, 3.8) is 0 Å². The smallest absolute Gasteiger partial charge is 0.246 e. The molecule has 0 aliphatic rings. The number of carbonyl (C=O) groups excluding carboxylic acids is 2. The van der Waals surface area contributed by atoms with E-state index in [1.807, 2.05) is 0 Å². The lowest BCUT2D eigenvalue weighted by atomic mass is 10.0. The van der Waals surface area contributed by atoms with Gasteiger partial charge in [-0.1, -0.05) is 0 Å². The van der Waals surface area contributed by atoms with Crippen LogP contribution in [0.2, 0.25) is 0 Å². The highest BCUT2D eigenvalue weighted by molar-refractivity contribution is 5.77. The Bertz CT molecular complexity index is 829. The second-order valence-corrected chi connectivity index (χ2v) is 16.8. The Kier molecular flexibility index (Phi) is 26.5. The lowest BCUT2D eigenvalue weighted by molar-refractivity contribution is -0.870. The summed E-state index contributed by atoms with van der Waals surface area (Å²) in [4.78, 5) is 24.4. The molecule has 0 spiro atoms. The summed E-state index contributed by atoms with van der Waals surface area (Å²) in [7, 11) is 20.1. The molecule has 2 amide bonds. The number of ether oxygens (including phenoxy) is 2. The number of nitrogens with two attached hydrogens (primary N) is 2. The summed E-state index contributed by atoms with van der Waals surface area (Å²) in [6, 6.07) is 0.628. The van der Waals surface area contributed by atoms with Gasteiger partial charge in [0.25, 0.3) is 0 Å². The fourth-order valence-electron chi connectivity index (χ4n) is 5.49. The molecule has 0 aromatic carbocycles. The van der Waals surface area contributed by atoms with Gasteiger partial charge in [-0.3, -0.25) is 9.59 Å². The molecular formula is C36H82N9O4+3. The van der Waals surface area contributed by atoms with Crippen LogP contribution < -0.4 is 32.7 Å². The van der Waals surface area contributed by atoms with Gasteiger partial charge in [0.15, 0.2) is 0 Å². The molecule has 292 valence electrons. The number of carbonyl (C=O) groups is 2. The maximum Gasteiger partial charge on any atom is 0.246 e. The topological polar surface area (TPSA) is 153 Å². The molecule has 0 aromatic rings. The average Bonchev–Trinajstić information content (AvgIpc) is 2.98. The summed E-state index contributed by atoms with van der Waals surface area (Å²) >= 11 is 0. The SMILES string of the molecule is C[N+](C)(C)CCCC[C@@H](CN)NC[C@H](CCCC[N+](C)(C)C)NC[C@H](CCCC[N+](C)(C)C)NC(=O)COCCOCCNC(=O)CCN. The van der Waals surface area contributed by atoms with E-state index >= 15 is 0 Å². The second kappa shape index (κ2) is 27.3. The Hall–Kier alpha value is -1.42. The Morgan fingerprint density at radius 2 is 1.06 bits per heavy atom. The normalized spacial score (nSPS) is 14.4. The van der Waals surface area contributed by atoms with Gasteiger partial charge < -0.3 is 55.7 Å². The van der Waals surface area contributed by atoms with Crippen molar-refractivity contribution < 1.29 is 32.5 Å². The van der Waals surface area contributed by atoms with Gasteiger partial charge in [0.05, 0.1) is 103 Å². The Labute approximate surface area is 301 Å². The third-order valence-electron chi connectivity index (χ3n) is 8.40. The van der Waals surface area contributed by atoms with Gasteiger partial charge in [0.1, 0.15) is 6.61 Å². The molecule has 13 nitrogen and oxygen atoms in total. The molecular weight excluding hydrogens is 622 g/mol. The number of amides is 2. The van der Waals surface area contributed by atoms with Gasteiger partial charge >= 0.3 is 0 Å². The molecule has 0 radical (unpaired) electrons. The molecule has 49 heavy (non-hydrogen) atoms. The first kappa shape index (κ1) is 47.6. The summed E-state index contributed by atoms with van der Waals surface area (Å²) in [6.45, 7) is 7.46. The Balaban J connectivity index is 5.05. The van der Waals surface area contributed by atoms with Crippen LogP contribution >= 0.6 is 0 Å². The predicted molar refractivity (Wildman–Crippen MR) is 203 cm³/mol. The Morgan fingerprint density at radius 1 is 0.592 bits per heavy atom. The van der Waals surface area contributed by atoms with Crippen LogP contribution in [-0.4, -0.2) is 186 Å². The minimum Gasteiger partial charge on any atom is -0.377 e. The van der Waals surface area contributed by atoms with E-state index < -0.39 is 0 Å². The summed E-state index contributed by atoms with van der Waals surface area (Å²) in [5.41, 5.74) is 11.6. The number of unbranched alkanes of at least 4 members (excludes halogenated alkanes) is 3. The highest BCUT2D eigenvalue weighted by Gasteiger charge is 2.18. The highest BCUT2D eigenvalue weighted by Crippen LogP contribution is 2.09. The van der Waals surface area contributed by atoms with Crippen molar-refractivity contribution in [1.82, 2.24) is 21.3 Å². The van der Waals surface area contributed by atoms with E-state index in [0.29, 0.717) is 64.5 Å². The van der Waals surface area contributed by atoms with Gasteiger partial charge in [0.2, 0.25) is 11.8 Å². The minimum absolute atomic E-state index is 0.00567.